The fraction of sp³-hybridized carbons (Fsp3) is 0.500. The summed E-state index contributed by atoms with van der Waals surface area (Å²) in [6.45, 7) is 4.86. The molecule has 0 N–H and O–H groups in total. The van der Waals surface area contributed by atoms with Gasteiger partial charge in [0, 0.05) is 31.4 Å². The molecule has 0 spiro atoms. The quantitative estimate of drug-likeness (QED) is 0.693. The van der Waals surface area contributed by atoms with Gasteiger partial charge in [-0.15, -0.1) is 24.5 Å². The minimum absolute atomic E-state index is 0.0266. The predicted octanol–water partition coefficient (Wildman–Crippen LogP) is 4.22. The van der Waals surface area contributed by atoms with Crippen LogP contribution in [0.1, 0.15) is 29.1 Å². The smallest absolute Gasteiger partial charge is 0.406 e. The van der Waals surface area contributed by atoms with Crippen molar-refractivity contribution in [1.29, 1.82) is 0 Å². The van der Waals surface area contributed by atoms with Crippen molar-refractivity contribution in [2.24, 2.45) is 5.92 Å². The summed E-state index contributed by atoms with van der Waals surface area (Å²) in [6.07, 6.45) is -3.11. The zero-order valence-electron chi connectivity index (χ0n) is 16.4. The molecule has 1 aliphatic heterocycles. The molecule has 0 aliphatic carbocycles. The number of amides is 1. The van der Waals surface area contributed by atoms with Crippen LogP contribution in [0.3, 0.4) is 0 Å². The van der Waals surface area contributed by atoms with Crippen LogP contribution < -0.4 is 4.74 Å². The number of rotatable bonds is 6. The molecule has 5 nitrogen and oxygen atoms in total. The SMILES string of the molecule is Cc1nc(CN2CCC(C(=O)N(C)Cc3ccc(OC(F)(F)F)cc3)CC2)cs1. The number of alkyl halides is 3. The number of likely N-dealkylation sites (tertiary alicyclic amines) is 1. The summed E-state index contributed by atoms with van der Waals surface area (Å²) in [5, 5.41) is 3.13. The van der Waals surface area contributed by atoms with Crippen LogP contribution in [-0.2, 0) is 17.9 Å². The summed E-state index contributed by atoms with van der Waals surface area (Å²) in [4.78, 5) is 21.2. The molecule has 0 unspecified atom stereocenters. The maximum absolute atomic E-state index is 12.7. The number of carbonyl (C=O) groups excluding carboxylic acids is 1. The fourth-order valence-electron chi connectivity index (χ4n) is 3.51. The van der Waals surface area contributed by atoms with Crippen LogP contribution in [0.15, 0.2) is 29.6 Å². The van der Waals surface area contributed by atoms with Crippen molar-refractivity contribution in [3.05, 3.63) is 45.9 Å². The lowest BCUT2D eigenvalue weighted by Gasteiger charge is -2.32. The van der Waals surface area contributed by atoms with E-state index in [1.54, 1.807) is 35.4 Å². The third kappa shape index (κ3) is 6.43. The van der Waals surface area contributed by atoms with E-state index >= 15 is 0 Å². The number of ether oxygens (including phenoxy) is 1. The van der Waals surface area contributed by atoms with Crippen LogP contribution in [0.5, 0.6) is 5.75 Å². The molecule has 1 saturated heterocycles. The molecule has 158 valence electrons. The van der Waals surface area contributed by atoms with Gasteiger partial charge in [0.25, 0.3) is 0 Å². The van der Waals surface area contributed by atoms with Gasteiger partial charge in [-0.1, -0.05) is 12.1 Å². The van der Waals surface area contributed by atoms with Crippen LogP contribution in [0, 0.1) is 12.8 Å². The van der Waals surface area contributed by atoms with Gasteiger partial charge in [-0.2, -0.15) is 0 Å². The zero-order valence-corrected chi connectivity index (χ0v) is 17.2. The molecule has 0 bridgehead atoms. The van der Waals surface area contributed by atoms with E-state index < -0.39 is 6.36 Å². The van der Waals surface area contributed by atoms with Crippen LogP contribution in [0.25, 0.3) is 0 Å². The average Bonchev–Trinajstić information content (AvgIpc) is 3.07. The maximum Gasteiger partial charge on any atom is 0.573 e. The van der Waals surface area contributed by atoms with Crippen LogP contribution in [0.4, 0.5) is 13.2 Å². The molecule has 2 aromatic rings. The Morgan fingerprint density at radius 3 is 2.48 bits per heavy atom. The van der Waals surface area contributed by atoms with Gasteiger partial charge in [0.2, 0.25) is 5.91 Å². The van der Waals surface area contributed by atoms with Crippen molar-refractivity contribution in [2.75, 3.05) is 20.1 Å². The largest absolute Gasteiger partial charge is 0.573 e. The number of halogens is 3. The second-order valence-corrected chi connectivity index (χ2v) is 8.36. The number of nitrogens with zero attached hydrogens (tertiary/aromatic N) is 3. The number of piperidine rings is 1. The number of hydrogen-bond acceptors (Lipinski definition) is 5. The van der Waals surface area contributed by atoms with Crippen LogP contribution >= 0.6 is 11.3 Å². The first-order chi connectivity index (χ1) is 13.7. The number of carbonyl (C=O) groups is 1. The number of aromatic nitrogens is 1. The van der Waals surface area contributed by atoms with E-state index in [9.17, 15) is 18.0 Å². The van der Waals surface area contributed by atoms with E-state index in [1.807, 2.05) is 6.92 Å². The van der Waals surface area contributed by atoms with Crippen molar-refractivity contribution >= 4 is 17.2 Å². The van der Waals surface area contributed by atoms with Crippen molar-refractivity contribution in [1.82, 2.24) is 14.8 Å². The molecule has 29 heavy (non-hydrogen) atoms. The summed E-state index contributed by atoms with van der Waals surface area (Å²) >= 11 is 1.64. The molecule has 1 aromatic heterocycles. The standard InChI is InChI=1S/C20H24F3N3O2S/c1-14-24-17(13-29-14)12-26-9-7-16(8-10-26)19(27)25(2)11-15-3-5-18(6-4-15)28-20(21,22)23/h3-6,13,16H,7-12H2,1-2H3. The first kappa shape index (κ1) is 21.6. The molecule has 1 aliphatic rings. The zero-order chi connectivity index (χ0) is 21.0. The van der Waals surface area contributed by atoms with E-state index in [1.165, 1.54) is 12.1 Å². The highest BCUT2D eigenvalue weighted by molar-refractivity contribution is 7.09. The highest BCUT2D eigenvalue weighted by atomic mass is 32.1. The molecular weight excluding hydrogens is 403 g/mol. The lowest BCUT2D eigenvalue weighted by molar-refractivity contribution is -0.274. The number of aryl methyl sites for hydroxylation is 1. The maximum atomic E-state index is 12.7. The van der Waals surface area contributed by atoms with Gasteiger partial charge in [-0.05, 0) is 50.6 Å². The Balaban J connectivity index is 1.46. The summed E-state index contributed by atoms with van der Waals surface area (Å²) in [5.74, 6) is -0.219. The van der Waals surface area contributed by atoms with Gasteiger partial charge in [0.05, 0.1) is 10.7 Å². The molecular formula is C20H24F3N3O2S. The van der Waals surface area contributed by atoms with E-state index in [2.05, 4.69) is 20.0 Å². The van der Waals surface area contributed by atoms with Gasteiger partial charge in [-0.3, -0.25) is 9.69 Å². The van der Waals surface area contributed by atoms with Gasteiger partial charge in [0.1, 0.15) is 5.75 Å². The summed E-state index contributed by atoms with van der Waals surface area (Å²) < 4.78 is 40.6. The van der Waals surface area contributed by atoms with E-state index in [-0.39, 0.29) is 17.6 Å². The van der Waals surface area contributed by atoms with Crippen LogP contribution in [0.2, 0.25) is 0 Å². The Morgan fingerprint density at radius 1 is 1.28 bits per heavy atom. The summed E-state index contributed by atoms with van der Waals surface area (Å²) in [7, 11) is 1.73. The normalized spacial score (nSPS) is 16.0. The highest BCUT2D eigenvalue weighted by Crippen LogP contribution is 2.24. The lowest BCUT2D eigenvalue weighted by atomic mass is 9.95. The minimum atomic E-state index is -4.71. The summed E-state index contributed by atoms with van der Waals surface area (Å²) in [6, 6.07) is 5.62. The molecule has 0 radical (unpaired) electrons. The average molecular weight is 427 g/mol. The van der Waals surface area contributed by atoms with Crippen molar-refractivity contribution < 1.29 is 22.7 Å². The van der Waals surface area contributed by atoms with Gasteiger partial charge < -0.3 is 9.64 Å². The Labute approximate surface area is 172 Å². The second kappa shape index (κ2) is 9.13. The molecule has 0 saturated carbocycles. The molecule has 1 amide bonds. The molecule has 1 fully saturated rings. The number of hydrogen-bond donors (Lipinski definition) is 0. The first-order valence-electron chi connectivity index (χ1n) is 9.42. The topological polar surface area (TPSA) is 45.7 Å². The number of benzene rings is 1. The van der Waals surface area contributed by atoms with Gasteiger partial charge >= 0.3 is 6.36 Å². The minimum Gasteiger partial charge on any atom is -0.406 e. The Morgan fingerprint density at radius 2 is 1.93 bits per heavy atom. The third-order valence-corrected chi connectivity index (χ3v) is 5.76. The van der Waals surface area contributed by atoms with E-state index in [0.29, 0.717) is 6.54 Å². The molecule has 3 rings (SSSR count). The van der Waals surface area contributed by atoms with E-state index in [4.69, 9.17) is 0 Å². The number of thiazole rings is 1. The Bertz CT molecular complexity index is 815. The van der Waals surface area contributed by atoms with Crippen LogP contribution in [-0.4, -0.2) is 47.2 Å². The molecule has 9 heteroatoms. The van der Waals surface area contributed by atoms with Gasteiger partial charge in [-0.25, -0.2) is 4.98 Å². The van der Waals surface area contributed by atoms with Gasteiger partial charge in [0.15, 0.2) is 0 Å². The fourth-order valence-corrected chi connectivity index (χ4v) is 4.11. The molecule has 1 aromatic carbocycles. The first-order valence-corrected chi connectivity index (χ1v) is 10.3. The van der Waals surface area contributed by atoms with E-state index in [0.717, 1.165) is 48.7 Å². The predicted molar refractivity (Wildman–Crippen MR) is 104 cm³/mol. The Hall–Kier alpha value is -2.13. The summed E-state index contributed by atoms with van der Waals surface area (Å²) in [5.41, 5.74) is 1.83. The lowest BCUT2D eigenvalue weighted by Crippen LogP contribution is -2.40. The monoisotopic (exact) mass is 427 g/mol. The van der Waals surface area contributed by atoms with Crippen molar-refractivity contribution in [3.8, 4) is 5.75 Å². The molecule has 2 heterocycles. The highest BCUT2D eigenvalue weighted by Gasteiger charge is 2.31. The van der Waals surface area contributed by atoms with Crippen molar-refractivity contribution in [3.63, 3.8) is 0 Å². The third-order valence-electron chi connectivity index (χ3n) is 4.94. The second-order valence-electron chi connectivity index (χ2n) is 7.29. The van der Waals surface area contributed by atoms with Crippen molar-refractivity contribution in [2.45, 2.75) is 39.2 Å². The molecule has 0 atom stereocenters. The Kier molecular flexibility index (Phi) is 6.79.